The van der Waals surface area contributed by atoms with Gasteiger partial charge in [-0.25, -0.2) is 0 Å². The van der Waals surface area contributed by atoms with Crippen molar-refractivity contribution in [2.45, 2.75) is 76.5 Å². The first-order chi connectivity index (χ1) is 26.3. The maximum Gasteiger partial charge on any atom is 0.310 e. The van der Waals surface area contributed by atoms with Crippen molar-refractivity contribution in [1.82, 2.24) is 10.4 Å². The third kappa shape index (κ3) is 6.32. The van der Waals surface area contributed by atoms with Crippen molar-refractivity contribution >= 4 is 23.5 Å². The predicted octanol–water partition coefficient (Wildman–Crippen LogP) is 5.88. The van der Waals surface area contributed by atoms with E-state index >= 15 is 0 Å². The van der Waals surface area contributed by atoms with Gasteiger partial charge in [-0.2, -0.15) is 0 Å². The predicted molar refractivity (Wildman–Crippen MR) is 201 cm³/mol. The highest BCUT2D eigenvalue weighted by Gasteiger charge is 2.54. The van der Waals surface area contributed by atoms with E-state index in [0.29, 0.717) is 52.8 Å². The van der Waals surface area contributed by atoms with Crippen molar-refractivity contribution < 1.29 is 48.0 Å². The Labute approximate surface area is 321 Å². The average molecular weight is 755 g/mol. The van der Waals surface area contributed by atoms with Gasteiger partial charge in [-0.3, -0.25) is 19.3 Å². The minimum atomic E-state index is -1.15. The molecule has 1 radical (unpaired) electrons. The minimum absolute atomic E-state index is 0.0233. The van der Waals surface area contributed by atoms with Crippen LogP contribution in [-0.2, 0) is 24.3 Å². The number of para-hydroxylation sites is 1. The first kappa shape index (κ1) is 38.0. The molecule has 1 N–H and O–H groups in total. The molecule has 1 fully saturated rings. The number of nitrogens with one attached hydrogen (secondary N) is 1. The zero-order chi connectivity index (χ0) is 39.4. The molecule has 3 aliphatic heterocycles. The maximum atomic E-state index is 15.0. The molecule has 5 atom stereocenters. The fourth-order valence-electron chi connectivity index (χ4n) is 8.83. The number of rotatable bonds is 11. The van der Waals surface area contributed by atoms with Gasteiger partial charge in [-0.1, -0.05) is 37.6 Å². The van der Waals surface area contributed by atoms with E-state index in [1.807, 2.05) is 49.4 Å². The highest BCUT2D eigenvalue weighted by Crippen LogP contribution is 2.56. The number of hydrogen-bond acceptors (Lipinski definition) is 10. The van der Waals surface area contributed by atoms with Crippen LogP contribution in [0.15, 0.2) is 66.2 Å². The first-order valence-electron chi connectivity index (χ1n) is 18.6. The Balaban J connectivity index is 1.34. The van der Waals surface area contributed by atoms with Crippen molar-refractivity contribution in [3.05, 3.63) is 82.9 Å². The zero-order valence-electron chi connectivity index (χ0n) is 32.5. The van der Waals surface area contributed by atoms with E-state index in [9.17, 15) is 19.6 Å². The van der Waals surface area contributed by atoms with Gasteiger partial charge in [0.2, 0.25) is 18.4 Å². The molecule has 1 aliphatic carbocycles. The third-order valence-electron chi connectivity index (χ3n) is 11.4. The standard InChI is InChI=1S/C42H48N3O10/c1-9-13-29(44(24-14-11-10-12-15-24)39(47)28-20-41(2,3)45(49)42(28,4)5)38(46)43-36-26-19-31-30(54-22-55-31)18-25(26)34(35-27(36)21-53-40(35)48)23-16-32(50-6)37(52-8)33(17-23)51-7/h10-12,14-20,27,29,34-36H,9,13,21-22H2,1-8H3,(H,43,46)/t27-,29?,34+,35-,36+/m0/s1. The summed E-state index contributed by atoms with van der Waals surface area (Å²) in [6, 6.07) is 14.7. The van der Waals surface area contributed by atoms with Gasteiger partial charge in [0.1, 0.15) is 6.04 Å². The molecular weight excluding hydrogens is 706 g/mol. The summed E-state index contributed by atoms with van der Waals surface area (Å²) in [6.07, 6.45) is 2.60. The second-order valence-corrected chi connectivity index (χ2v) is 15.5. The first-order valence-corrected chi connectivity index (χ1v) is 18.6. The molecule has 55 heavy (non-hydrogen) atoms. The molecule has 291 valence electrons. The average Bonchev–Trinajstić information content (AvgIpc) is 3.85. The Bertz CT molecular complexity index is 2000. The van der Waals surface area contributed by atoms with Gasteiger partial charge in [-0.15, -0.1) is 10.3 Å². The Morgan fingerprint density at radius 1 is 0.927 bits per heavy atom. The van der Waals surface area contributed by atoms with Crippen LogP contribution in [0, 0.1) is 11.8 Å². The molecule has 0 aromatic heterocycles. The van der Waals surface area contributed by atoms with E-state index < -0.39 is 58.7 Å². The van der Waals surface area contributed by atoms with Crippen LogP contribution in [0.3, 0.4) is 0 Å². The Morgan fingerprint density at radius 3 is 2.13 bits per heavy atom. The van der Waals surface area contributed by atoms with Crippen LogP contribution in [0.25, 0.3) is 0 Å². The number of ether oxygens (including phenoxy) is 6. The molecule has 2 amide bonds. The summed E-state index contributed by atoms with van der Waals surface area (Å²) < 4.78 is 34.4. The minimum Gasteiger partial charge on any atom is -0.493 e. The summed E-state index contributed by atoms with van der Waals surface area (Å²) in [5, 5.41) is 17.6. The number of hydrogen-bond donors (Lipinski definition) is 1. The summed E-state index contributed by atoms with van der Waals surface area (Å²) in [5.41, 5.74) is 0.935. The number of cyclic esters (lactones) is 1. The molecular formula is C42H48N3O10. The summed E-state index contributed by atoms with van der Waals surface area (Å²) >= 11 is 0. The molecule has 13 heteroatoms. The topological polar surface area (TPSA) is 145 Å². The smallest absolute Gasteiger partial charge is 0.310 e. The van der Waals surface area contributed by atoms with Gasteiger partial charge in [0.25, 0.3) is 5.91 Å². The fraction of sp³-hybridized carbons (Fsp3) is 0.452. The molecule has 13 nitrogen and oxygen atoms in total. The lowest BCUT2D eigenvalue weighted by molar-refractivity contribution is -0.238. The molecule has 0 saturated carbocycles. The number of hydroxylamine groups is 2. The molecule has 1 unspecified atom stereocenters. The van der Waals surface area contributed by atoms with Crippen LogP contribution in [0.1, 0.15) is 76.1 Å². The zero-order valence-corrected chi connectivity index (χ0v) is 32.5. The Kier molecular flexibility index (Phi) is 9.97. The number of benzene rings is 3. The number of carbonyl (C=O) groups excluding carboxylic acids is 3. The Hall–Kier alpha value is -5.27. The van der Waals surface area contributed by atoms with Gasteiger partial charge in [0, 0.05) is 23.1 Å². The summed E-state index contributed by atoms with van der Waals surface area (Å²) in [4.78, 5) is 45.1. The number of methoxy groups -OCH3 is 3. The van der Waals surface area contributed by atoms with Crippen molar-refractivity contribution in [2.75, 3.05) is 39.6 Å². The maximum absolute atomic E-state index is 15.0. The molecule has 7 rings (SSSR count). The summed E-state index contributed by atoms with van der Waals surface area (Å²) in [5.74, 6) is -0.716. The number of nitrogens with zero attached hydrogens (tertiary/aromatic N) is 2. The monoisotopic (exact) mass is 754 g/mol. The largest absolute Gasteiger partial charge is 0.493 e. The van der Waals surface area contributed by atoms with Crippen LogP contribution in [0.2, 0.25) is 0 Å². The van der Waals surface area contributed by atoms with E-state index in [1.165, 1.54) is 26.2 Å². The van der Waals surface area contributed by atoms with Crippen LogP contribution in [0.4, 0.5) is 5.69 Å². The number of fused-ring (bicyclic) bond motifs is 3. The van der Waals surface area contributed by atoms with Gasteiger partial charge in [-0.05, 0) is 87.2 Å². The quantitative estimate of drug-likeness (QED) is 0.236. The van der Waals surface area contributed by atoms with Crippen LogP contribution >= 0.6 is 0 Å². The van der Waals surface area contributed by atoms with Gasteiger partial charge < -0.3 is 33.7 Å². The number of anilines is 1. The number of amides is 2. The second-order valence-electron chi connectivity index (χ2n) is 15.5. The lowest BCUT2D eigenvalue weighted by Crippen LogP contribution is -2.55. The van der Waals surface area contributed by atoms with E-state index in [4.69, 9.17) is 28.4 Å². The van der Waals surface area contributed by atoms with E-state index in [-0.39, 0.29) is 13.4 Å². The SMILES string of the molecule is CCCC(C(=O)N[C@@H]1c2cc3c(cc2[C@@H](c2cc(OC)c(OC)c(OC)c2)[C@H]2C(=O)OC[C@@H]21)OCO3)N(C(=O)C1=CC(C)(C)N([O])C1(C)C)c1ccccc1. The molecule has 1 saturated heterocycles. The van der Waals surface area contributed by atoms with Crippen molar-refractivity contribution in [2.24, 2.45) is 11.8 Å². The Morgan fingerprint density at radius 2 is 1.56 bits per heavy atom. The highest BCUT2D eigenvalue weighted by atomic mass is 16.7. The molecule has 0 spiro atoms. The van der Waals surface area contributed by atoms with Crippen molar-refractivity contribution in [1.29, 1.82) is 0 Å². The van der Waals surface area contributed by atoms with Gasteiger partial charge >= 0.3 is 5.97 Å². The van der Waals surface area contributed by atoms with Crippen LogP contribution in [-0.4, -0.2) is 74.7 Å². The van der Waals surface area contributed by atoms with Crippen molar-refractivity contribution in [3.8, 4) is 28.7 Å². The lowest BCUT2D eigenvalue weighted by atomic mass is 9.65. The van der Waals surface area contributed by atoms with E-state index in [0.717, 1.165) is 21.8 Å². The normalized spacial score (nSPS) is 23.5. The second kappa shape index (κ2) is 14.4. The van der Waals surface area contributed by atoms with Gasteiger partial charge in [0.15, 0.2) is 23.0 Å². The van der Waals surface area contributed by atoms with Crippen LogP contribution in [0.5, 0.6) is 28.7 Å². The fourth-order valence-corrected chi connectivity index (χ4v) is 8.83. The molecule has 3 aromatic carbocycles. The lowest BCUT2D eigenvalue weighted by Gasteiger charge is -2.41. The summed E-state index contributed by atoms with van der Waals surface area (Å²) in [7, 11) is 4.59. The number of esters is 1. The third-order valence-corrected chi connectivity index (χ3v) is 11.4. The molecule has 3 heterocycles. The molecule has 4 aliphatic rings. The molecule has 3 aromatic rings. The number of carbonyl (C=O) groups is 3. The van der Waals surface area contributed by atoms with Crippen molar-refractivity contribution in [3.63, 3.8) is 0 Å². The summed E-state index contributed by atoms with van der Waals surface area (Å²) in [6.45, 7) is 9.01. The van der Waals surface area contributed by atoms with Crippen LogP contribution < -0.4 is 33.9 Å². The molecule has 0 bridgehead atoms. The van der Waals surface area contributed by atoms with E-state index in [1.54, 1.807) is 45.9 Å². The van der Waals surface area contributed by atoms with Gasteiger partial charge in [0.05, 0.1) is 51.0 Å². The highest BCUT2D eigenvalue weighted by molar-refractivity contribution is 6.11. The van der Waals surface area contributed by atoms with E-state index in [2.05, 4.69) is 5.32 Å².